The van der Waals surface area contributed by atoms with Gasteiger partial charge in [-0.3, -0.25) is 4.57 Å². The van der Waals surface area contributed by atoms with Gasteiger partial charge in [0.2, 0.25) is 7.37 Å². The summed E-state index contributed by atoms with van der Waals surface area (Å²) in [6.45, 7) is 7.43. The van der Waals surface area contributed by atoms with Gasteiger partial charge in [-0.2, -0.15) is 0 Å². The van der Waals surface area contributed by atoms with E-state index in [2.05, 4.69) is 24.4 Å². The Balaban J connectivity index is 2.12. The van der Waals surface area contributed by atoms with Crippen molar-refractivity contribution >= 4 is 12.7 Å². The zero-order valence-corrected chi connectivity index (χ0v) is 13.0. The molecule has 1 N–H and O–H groups in total. The van der Waals surface area contributed by atoms with Crippen molar-refractivity contribution in [2.24, 2.45) is 5.92 Å². The summed E-state index contributed by atoms with van der Waals surface area (Å²) in [5.74, 6) is 0.770. The first-order chi connectivity index (χ1) is 9.03. The Morgan fingerprint density at radius 1 is 1.37 bits per heavy atom. The van der Waals surface area contributed by atoms with Crippen molar-refractivity contribution < 1.29 is 9.09 Å². The minimum Gasteiger partial charge on any atom is -0.326 e. The Morgan fingerprint density at radius 3 is 2.63 bits per heavy atom. The maximum Gasteiger partial charge on any atom is 0.229 e. The highest BCUT2D eigenvalue weighted by Gasteiger charge is 2.22. The zero-order chi connectivity index (χ0) is 13.9. The van der Waals surface area contributed by atoms with Gasteiger partial charge in [0.25, 0.3) is 0 Å². The van der Waals surface area contributed by atoms with Gasteiger partial charge in [0.05, 0.1) is 6.61 Å². The smallest absolute Gasteiger partial charge is 0.229 e. The lowest BCUT2D eigenvalue weighted by Crippen LogP contribution is -2.30. The molecule has 2 rings (SSSR count). The van der Waals surface area contributed by atoms with Crippen LogP contribution in [0.15, 0.2) is 24.3 Å². The molecule has 4 heteroatoms. The van der Waals surface area contributed by atoms with Crippen molar-refractivity contribution in [1.29, 1.82) is 0 Å². The molecule has 0 saturated carbocycles. The van der Waals surface area contributed by atoms with Gasteiger partial charge in [-0.25, -0.2) is 0 Å². The van der Waals surface area contributed by atoms with Gasteiger partial charge in [0.15, 0.2) is 0 Å². The number of hydrogen-bond acceptors (Lipinski definition) is 3. The molecule has 0 amide bonds. The maximum absolute atomic E-state index is 12.3. The van der Waals surface area contributed by atoms with Crippen LogP contribution in [0.1, 0.15) is 38.3 Å². The fourth-order valence-electron chi connectivity index (χ4n) is 2.66. The van der Waals surface area contributed by atoms with Gasteiger partial charge in [-0.15, -0.1) is 0 Å². The van der Waals surface area contributed by atoms with Crippen LogP contribution in [-0.4, -0.2) is 19.8 Å². The van der Waals surface area contributed by atoms with Gasteiger partial charge in [-0.1, -0.05) is 19.1 Å². The molecule has 0 aliphatic carbocycles. The van der Waals surface area contributed by atoms with Gasteiger partial charge in [0, 0.05) is 18.0 Å². The molecule has 0 spiro atoms. The van der Waals surface area contributed by atoms with Crippen LogP contribution in [0.5, 0.6) is 0 Å². The Bertz CT molecular complexity index is 458. The van der Waals surface area contributed by atoms with Crippen molar-refractivity contribution in [2.45, 2.75) is 32.7 Å². The first kappa shape index (κ1) is 14.8. The minimum absolute atomic E-state index is 0.432. The summed E-state index contributed by atoms with van der Waals surface area (Å²) >= 11 is 0. The predicted octanol–water partition coefficient (Wildman–Crippen LogP) is 3.32. The van der Waals surface area contributed by atoms with Crippen molar-refractivity contribution in [3.63, 3.8) is 0 Å². The molecule has 1 aromatic rings. The summed E-state index contributed by atoms with van der Waals surface area (Å²) < 4.78 is 17.7. The third-order valence-corrected chi connectivity index (χ3v) is 5.79. The molecule has 19 heavy (non-hydrogen) atoms. The average Bonchev–Trinajstić information content (AvgIpc) is 2.39. The molecule has 0 aromatic heterocycles. The summed E-state index contributed by atoms with van der Waals surface area (Å²) in [5, 5.41) is 4.36. The van der Waals surface area contributed by atoms with E-state index in [4.69, 9.17) is 4.52 Å². The average molecular weight is 281 g/mol. The van der Waals surface area contributed by atoms with Gasteiger partial charge in [-0.05, 0) is 49.9 Å². The Kier molecular flexibility index (Phi) is 4.83. The van der Waals surface area contributed by atoms with E-state index >= 15 is 0 Å². The molecule has 1 fully saturated rings. The summed E-state index contributed by atoms with van der Waals surface area (Å²) in [4.78, 5) is 0. The van der Waals surface area contributed by atoms with Crippen LogP contribution < -0.4 is 10.6 Å². The van der Waals surface area contributed by atoms with E-state index in [1.165, 1.54) is 18.4 Å². The van der Waals surface area contributed by atoms with Crippen molar-refractivity contribution in [2.75, 3.05) is 19.8 Å². The number of rotatable bonds is 4. The molecular formula is C15H24NO2P. The normalized spacial score (nSPS) is 26.9. The third kappa shape index (κ3) is 3.68. The van der Waals surface area contributed by atoms with E-state index in [1.807, 2.05) is 19.1 Å². The molecule has 1 saturated heterocycles. The fourth-order valence-corrected chi connectivity index (χ4v) is 3.99. The van der Waals surface area contributed by atoms with Crippen LogP contribution in [0.2, 0.25) is 0 Å². The molecule has 1 heterocycles. The Morgan fingerprint density at radius 2 is 2.05 bits per heavy atom. The quantitative estimate of drug-likeness (QED) is 0.860. The van der Waals surface area contributed by atoms with Crippen molar-refractivity contribution in [3.05, 3.63) is 29.8 Å². The first-order valence-corrected chi connectivity index (χ1v) is 9.16. The molecule has 0 radical (unpaired) electrons. The van der Waals surface area contributed by atoms with Crippen LogP contribution in [0, 0.1) is 5.92 Å². The molecule has 1 aliphatic heterocycles. The monoisotopic (exact) mass is 281 g/mol. The van der Waals surface area contributed by atoms with E-state index in [-0.39, 0.29) is 0 Å². The molecule has 0 bridgehead atoms. The van der Waals surface area contributed by atoms with E-state index in [9.17, 15) is 4.57 Å². The zero-order valence-electron chi connectivity index (χ0n) is 12.1. The van der Waals surface area contributed by atoms with Gasteiger partial charge >= 0.3 is 0 Å². The summed E-state index contributed by atoms with van der Waals surface area (Å²) in [5.41, 5.74) is 1.28. The van der Waals surface area contributed by atoms with Crippen LogP contribution in [-0.2, 0) is 9.09 Å². The molecule has 3 nitrogen and oxygen atoms in total. The SMILES string of the molecule is CCOP(C)(=O)c1ccc([C@@H]2C[C@H](C)CCN2)cc1. The summed E-state index contributed by atoms with van der Waals surface area (Å²) in [6.07, 6.45) is 2.43. The van der Waals surface area contributed by atoms with Gasteiger partial charge < -0.3 is 9.84 Å². The minimum atomic E-state index is -2.64. The van der Waals surface area contributed by atoms with E-state index < -0.39 is 7.37 Å². The van der Waals surface area contributed by atoms with E-state index in [1.54, 1.807) is 6.66 Å². The summed E-state index contributed by atoms with van der Waals surface area (Å²) in [6, 6.07) is 8.50. The van der Waals surface area contributed by atoms with Gasteiger partial charge in [0.1, 0.15) is 0 Å². The standard InChI is InChI=1S/C15H24NO2P/c1-4-18-19(3,17)14-7-5-13(6-8-14)15-11-12(2)9-10-16-15/h5-8,12,15-16H,4,9-11H2,1-3H3/t12-,15+,19?/m1/s1. The molecule has 3 atom stereocenters. The number of hydrogen-bond donors (Lipinski definition) is 1. The molecule has 1 aromatic carbocycles. The molecular weight excluding hydrogens is 257 g/mol. The Hall–Kier alpha value is -0.630. The number of piperidine rings is 1. The predicted molar refractivity (Wildman–Crippen MR) is 80.4 cm³/mol. The number of nitrogens with one attached hydrogen (secondary N) is 1. The fraction of sp³-hybridized carbons (Fsp3) is 0.600. The lowest BCUT2D eigenvalue weighted by Gasteiger charge is -2.28. The van der Waals surface area contributed by atoms with Crippen LogP contribution in [0.4, 0.5) is 0 Å². The lowest BCUT2D eigenvalue weighted by molar-refractivity contribution is 0.325. The van der Waals surface area contributed by atoms with Crippen LogP contribution in [0.3, 0.4) is 0 Å². The first-order valence-electron chi connectivity index (χ1n) is 7.09. The highest BCUT2D eigenvalue weighted by molar-refractivity contribution is 7.66. The highest BCUT2D eigenvalue weighted by Crippen LogP contribution is 2.41. The molecule has 106 valence electrons. The second-order valence-electron chi connectivity index (χ2n) is 5.49. The Labute approximate surface area is 116 Å². The summed E-state index contributed by atoms with van der Waals surface area (Å²) in [7, 11) is -2.64. The molecule has 1 aliphatic rings. The second-order valence-corrected chi connectivity index (χ2v) is 7.96. The maximum atomic E-state index is 12.3. The van der Waals surface area contributed by atoms with Crippen molar-refractivity contribution in [3.8, 4) is 0 Å². The largest absolute Gasteiger partial charge is 0.326 e. The number of benzene rings is 1. The highest BCUT2D eigenvalue weighted by atomic mass is 31.2. The topological polar surface area (TPSA) is 38.3 Å². The van der Waals surface area contributed by atoms with Crippen LogP contribution in [0.25, 0.3) is 0 Å². The van der Waals surface area contributed by atoms with Crippen LogP contribution >= 0.6 is 7.37 Å². The van der Waals surface area contributed by atoms with E-state index in [0.717, 1.165) is 17.8 Å². The molecule has 1 unspecified atom stereocenters. The third-order valence-electron chi connectivity index (χ3n) is 3.81. The second kappa shape index (κ2) is 6.21. The lowest BCUT2D eigenvalue weighted by atomic mass is 9.90. The van der Waals surface area contributed by atoms with E-state index in [0.29, 0.717) is 12.6 Å². The van der Waals surface area contributed by atoms with Crippen molar-refractivity contribution in [1.82, 2.24) is 5.32 Å².